The minimum absolute atomic E-state index is 0.134. The molecule has 0 bridgehead atoms. The Kier molecular flexibility index (Phi) is 7.26. The normalized spacial score (nSPS) is 16.4. The number of nitrogens with zero attached hydrogens (tertiary/aromatic N) is 2. The van der Waals surface area contributed by atoms with Crippen LogP contribution in [0.5, 0.6) is 0 Å². The van der Waals surface area contributed by atoms with Crippen LogP contribution in [0.4, 0.5) is 9.18 Å². The van der Waals surface area contributed by atoms with Crippen molar-refractivity contribution in [2.24, 2.45) is 5.92 Å². The number of piperidine rings is 1. The minimum atomic E-state index is -0.272. The third-order valence-corrected chi connectivity index (χ3v) is 6.00. The van der Waals surface area contributed by atoms with E-state index in [9.17, 15) is 9.18 Å². The van der Waals surface area contributed by atoms with Crippen molar-refractivity contribution in [3.63, 3.8) is 0 Å². The van der Waals surface area contributed by atoms with Gasteiger partial charge in [0, 0.05) is 20.1 Å². The molecule has 0 aliphatic carbocycles. The maximum Gasteiger partial charge on any atom is 0.317 e. The first-order valence-corrected chi connectivity index (χ1v) is 10.5. The third kappa shape index (κ3) is 6.04. The maximum atomic E-state index is 13.1. The topological polar surface area (TPSA) is 35.6 Å². The Morgan fingerprint density at radius 2 is 1.69 bits per heavy atom. The molecular formula is C24H32FN3O. The molecule has 1 unspecified atom stereocenters. The third-order valence-electron chi connectivity index (χ3n) is 6.00. The molecule has 3 rings (SSSR count). The number of carbonyl (C=O) groups excluding carboxylic acids is 1. The number of carbonyl (C=O) groups is 1. The summed E-state index contributed by atoms with van der Waals surface area (Å²) in [5, 5.41) is 2.97. The number of halogens is 1. The molecule has 1 atom stereocenters. The Bertz CT molecular complexity index is 783. The molecular weight excluding hydrogens is 365 g/mol. The average Bonchev–Trinajstić information content (AvgIpc) is 2.74. The van der Waals surface area contributed by atoms with E-state index in [4.69, 9.17) is 0 Å². The average molecular weight is 398 g/mol. The van der Waals surface area contributed by atoms with Crippen LogP contribution in [-0.4, -0.2) is 36.0 Å². The molecule has 1 saturated heterocycles. The largest absolute Gasteiger partial charge is 0.334 e. The quantitative estimate of drug-likeness (QED) is 0.748. The summed E-state index contributed by atoms with van der Waals surface area (Å²) in [5.41, 5.74) is 3.30. The van der Waals surface area contributed by atoms with Gasteiger partial charge in [-0.1, -0.05) is 43.3 Å². The second-order valence-corrected chi connectivity index (χ2v) is 8.27. The Labute approximate surface area is 173 Å². The Morgan fingerprint density at radius 1 is 1.10 bits per heavy atom. The van der Waals surface area contributed by atoms with Gasteiger partial charge in [-0.3, -0.25) is 4.90 Å². The van der Waals surface area contributed by atoms with Gasteiger partial charge in [-0.05, 0) is 67.6 Å². The van der Waals surface area contributed by atoms with Crippen LogP contribution in [-0.2, 0) is 13.1 Å². The summed E-state index contributed by atoms with van der Waals surface area (Å²) in [6.45, 7) is 8.11. The molecule has 0 radical (unpaired) electrons. The minimum Gasteiger partial charge on any atom is -0.334 e. The van der Waals surface area contributed by atoms with Crippen molar-refractivity contribution in [3.8, 4) is 0 Å². The zero-order valence-electron chi connectivity index (χ0n) is 17.7. The van der Waals surface area contributed by atoms with Crippen molar-refractivity contribution >= 4 is 6.03 Å². The van der Waals surface area contributed by atoms with Crippen LogP contribution in [0.15, 0.2) is 48.5 Å². The van der Waals surface area contributed by atoms with Crippen LogP contribution in [0.2, 0.25) is 0 Å². The lowest BCUT2D eigenvalue weighted by molar-refractivity contribution is 0.185. The fourth-order valence-corrected chi connectivity index (χ4v) is 3.68. The summed E-state index contributed by atoms with van der Waals surface area (Å²) in [6, 6.07) is 14.5. The maximum absolute atomic E-state index is 13.1. The molecule has 1 aliphatic rings. The molecule has 1 fully saturated rings. The Hall–Kier alpha value is -2.40. The lowest BCUT2D eigenvalue weighted by atomic mass is 9.99. The first-order chi connectivity index (χ1) is 13.9. The van der Waals surface area contributed by atoms with E-state index in [-0.39, 0.29) is 17.9 Å². The number of nitrogens with one attached hydrogen (secondary N) is 1. The van der Waals surface area contributed by atoms with E-state index in [1.807, 2.05) is 6.92 Å². The van der Waals surface area contributed by atoms with Gasteiger partial charge in [0.1, 0.15) is 5.82 Å². The van der Waals surface area contributed by atoms with E-state index in [0.717, 1.165) is 23.6 Å². The zero-order chi connectivity index (χ0) is 20.8. The van der Waals surface area contributed by atoms with Crippen LogP contribution in [0.25, 0.3) is 0 Å². The van der Waals surface area contributed by atoms with Crippen molar-refractivity contribution < 1.29 is 9.18 Å². The SMILES string of the molecule is CC1CCN(Cc2ccc(CNC(=O)N(C)C(C)c3ccc(F)cc3)cc2)CC1. The van der Waals surface area contributed by atoms with E-state index >= 15 is 0 Å². The van der Waals surface area contributed by atoms with E-state index in [1.165, 1.54) is 43.6 Å². The van der Waals surface area contributed by atoms with Gasteiger partial charge in [0.15, 0.2) is 0 Å². The number of amides is 2. The molecule has 29 heavy (non-hydrogen) atoms. The highest BCUT2D eigenvalue weighted by Gasteiger charge is 2.18. The highest BCUT2D eigenvalue weighted by atomic mass is 19.1. The van der Waals surface area contributed by atoms with Crippen LogP contribution in [0.1, 0.15) is 49.4 Å². The monoisotopic (exact) mass is 397 g/mol. The lowest BCUT2D eigenvalue weighted by Gasteiger charge is -2.30. The second-order valence-electron chi connectivity index (χ2n) is 8.27. The molecule has 0 aromatic heterocycles. The predicted octanol–water partition coefficient (Wildman–Crippen LogP) is 4.96. The number of likely N-dealkylation sites (tertiary alicyclic amines) is 1. The highest BCUT2D eigenvalue weighted by molar-refractivity contribution is 5.74. The lowest BCUT2D eigenvalue weighted by Crippen LogP contribution is -2.38. The first kappa shape index (κ1) is 21.3. The zero-order valence-corrected chi connectivity index (χ0v) is 17.7. The van der Waals surface area contributed by atoms with E-state index < -0.39 is 0 Å². The molecule has 1 heterocycles. The Balaban J connectivity index is 1.47. The fraction of sp³-hybridized carbons (Fsp3) is 0.458. The van der Waals surface area contributed by atoms with Gasteiger partial charge in [0.25, 0.3) is 0 Å². The van der Waals surface area contributed by atoms with Crippen molar-refractivity contribution in [3.05, 3.63) is 71.0 Å². The molecule has 1 N–H and O–H groups in total. The smallest absolute Gasteiger partial charge is 0.317 e. The van der Waals surface area contributed by atoms with Gasteiger partial charge in [0.2, 0.25) is 0 Å². The van der Waals surface area contributed by atoms with Crippen molar-refractivity contribution in [1.29, 1.82) is 0 Å². The molecule has 0 saturated carbocycles. The molecule has 156 valence electrons. The predicted molar refractivity (Wildman–Crippen MR) is 115 cm³/mol. The Morgan fingerprint density at radius 3 is 2.31 bits per heavy atom. The summed E-state index contributed by atoms with van der Waals surface area (Å²) in [5.74, 6) is 0.576. The molecule has 1 aliphatic heterocycles. The van der Waals surface area contributed by atoms with Gasteiger partial charge in [-0.2, -0.15) is 0 Å². The second kappa shape index (κ2) is 9.88. The van der Waals surface area contributed by atoms with Gasteiger partial charge < -0.3 is 10.2 Å². The standard InChI is InChI=1S/C24H32FN3O/c1-18-12-14-28(15-13-18)17-21-6-4-20(5-7-21)16-26-24(29)27(3)19(2)22-8-10-23(25)11-9-22/h4-11,18-19H,12-17H2,1-3H3,(H,26,29). The molecule has 2 aromatic carbocycles. The van der Waals surface area contributed by atoms with Crippen molar-refractivity contribution in [2.45, 2.75) is 45.8 Å². The van der Waals surface area contributed by atoms with Crippen LogP contribution in [0.3, 0.4) is 0 Å². The number of rotatable bonds is 6. The summed E-state index contributed by atoms with van der Waals surface area (Å²) in [6.07, 6.45) is 2.57. The molecule has 0 spiro atoms. The summed E-state index contributed by atoms with van der Waals surface area (Å²) in [7, 11) is 1.76. The van der Waals surface area contributed by atoms with Crippen LogP contribution < -0.4 is 5.32 Å². The molecule has 2 amide bonds. The van der Waals surface area contributed by atoms with Crippen LogP contribution in [0, 0.1) is 11.7 Å². The van der Waals surface area contributed by atoms with Crippen LogP contribution >= 0.6 is 0 Å². The van der Waals surface area contributed by atoms with Gasteiger partial charge >= 0.3 is 6.03 Å². The van der Waals surface area contributed by atoms with Crippen molar-refractivity contribution in [1.82, 2.24) is 15.1 Å². The van der Waals surface area contributed by atoms with E-state index in [1.54, 1.807) is 24.1 Å². The molecule has 4 nitrogen and oxygen atoms in total. The van der Waals surface area contributed by atoms with Gasteiger partial charge in [-0.25, -0.2) is 9.18 Å². The van der Waals surface area contributed by atoms with E-state index in [2.05, 4.69) is 41.4 Å². The summed E-state index contributed by atoms with van der Waals surface area (Å²) < 4.78 is 13.1. The van der Waals surface area contributed by atoms with Crippen molar-refractivity contribution in [2.75, 3.05) is 20.1 Å². The number of hydrogen-bond donors (Lipinski definition) is 1. The molecule has 5 heteroatoms. The summed E-state index contributed by atoms with van der Waals surface area (Å²) in [4.78, 5) is 16.6. The molecule has 2 aromatic rings. The first-order valence-electron chi connectivity index (χ1n) is 10.5. The number of hydrogen-bond acceptors (Lipinski definition) is 2. The fourth-order valence-electron chi connectivity index (χ4n) is 3.68. The summed E-state index contributed by atoms with van der Waals surface area (Å²) >= 11 is 0. The van der Waals surface area contributed by atoms with E-state index in [0.29, 0.717) is 6.54 Å². The number of benzene rings is 2. The number of urea groups is 1. The van der Waals surface area contributed by atoms with Gasteiger partial charge in [0.05, 0.1) is 6.04 Å². The van der Waals surface area contributed by atoms with Gasteiger partial charge in [-0.15, -0.1) is 0 Å². The highest BCUT2D eigenvalue weighted by Crippen LogP contribution is 2.20.